The first-order valence-electron chi connectivity index (χ1n) is 7.67. The third kappa shape index (κ3) is 4.10. The van der Waals surface area contributed by atoms with E-state index in [1.54, 1.807) is 13.3 Å². The Morgan fingerprint density at radius 1 is 1.20 bits per heavy atom. The zero-order chi connectivity index (χ0) is 17.6. The second kappa shape index (κ2) is 7.72. The standard InChI is InChI=1S/C19H17N3O2S/c1-13-17(21-19(25-13)15-8-4-3-5-9-15)18(23)22-20-12-14-7-6-10-16(11-14)24-2/h3-12H,1-2H3,(H,22,23)/b20-12-. The van der Waals surface area contributed by atoms with Gasteiger partial charge in [0.15, 0.2) is 0 Å². The number of aromatic nitrogens is 1. The molecule has 0 fully saturated rings. The van der Waals surface area contributed by atoms with Crippen molar-refractivity contribution in [3.8, 4) is 16.3 Å². The van der Waals surface area contributed by atoms with Crippen molar-refractivity contribution in [3.05, 3.63) is 70.7 Å². The van der Waals surface area contributed by atoms with Gasteiger partial charge in [0.25, 0.3) is 5.91 Å². The van der Waals surface area contributed by atoms with Crippen LogP contribution in [0, 0.1) is 6.92 Å². The van der Waals surface area contributed by atoms with Crippen LogP contribution in [0.3, 0.4) is 0 Å². The largest absolute Gasteiger partial charge is 0.497 e. The zero-order valence-corrected chi connectivity index (χ0v) is 14.7. The van der Waals surface area contributed by atoms with Crippen molar-refractivity contribution in [2.75, 3.05) is 7.11 Å². The van der Waals surface area contributed by atoms with E-state index in [0.29, 0.717) is 5.69 Å². The summed E-state index contributed by atoms with van der Waals surface area (Å²) in [6, 6.07) is 17.2. The predicted octanol–water partition coefficient (Wildman–Crippen LogP) is 3.89. The molecule has 3 aromatic rings. The number of nitrogens with one attached hydrogen (secondary N) is 1. The van der Waals surface area contributed by atoms with Crippen molar-refractivity contribution in [2.24, 2.45) is 5.10 Å². The van der Waals surface area contributed by atoms with E-state index < -0.39 is 0 Å². The number of hydrogen-bond acceptors (Lipinski definition) is 5. The van der Waals surface area contributed by atoms with Gasteiger partial charge < -0.3 is 4.74 Å². The van der Waals surface area contributed by atoms with Crippen LogP contribution in [0.25, 0.3) is 10.6 Å². The van der Waals surface area contributed by atoms with Crippen LogP contribution < -0.4 is 10.2 Å². The summed E-state index contributed by atoms with van der Waals surface area (Å²) < 4.78 is 5.15. The van der Waals surface area contributed by atoms with Crippen molar-refractivity contribution < 1.29 is 9.53 Å². The van der Waals surface area contributed by atoms with Gasteiger partial charge in [0.1, 0.15) is 16.5 Å². The van der Waals surface area contributed by atoms with Gasteiger partial charge in [-0.1, -0.05) is 42.5 Å². The Bertz CT molecular complexity index is 904. The number of nitrogens with zero attached hydrogens (tertiary/aromatic N) is 2. The van der Waals surface area contributed by atoms with E-state index in [1.807, 2.05) is 61.5 Å². The van der Waals surface area contributed by atoms with Crippen molar-refractivity contribution in [1.82, 2.24) is 10.4 Å². The van der Waals surface area contributed by atoms with Gasteiger partial charge in [0.2, 0.25) is 0 Å². The molecule has 0 aliphatic carbocycles. The third-order valence-electron chi connectivity index (χ3n) is 3.51. The number of carbonyl (C=O) groups excluding carboxylic acids is 1. The van der Waals surface area contributed by atoms with E-state index in [1.165, 1.54) is 11.3 Å². The van der Waals surface area contributed by atoms with Gasteiger partial charge in [-0.15, -0.1) is 11.3 Å². The number of benzene rings is 2. The highest BCUT2D eigenvalue weighted by Crippen LogP contribution is 2.27. The molecule has 0 aliphatic rings. The highest BCUT2D eigenvalue weighted by atomic mass is 32.1. The first-order chi connectivity index (χ1) is 12.2. The van der Waals surface area contributed by atoms with Crippen molar-refractivity contribution in [1.29, 1.82) is 0 Å². The lowest BCUT2D eigenvalue weighted by Gasteiger charge is -2.00. The molecule has 0 bridgehead atoms. The van der Waals surface area contributed by atoms with Crippen LogP contribution >= 0.6 is 11.3 Å². The highest BCUT2D eigenvalue weighted by Gasteiger charge is 2.15. The van der Waals surface area contributed by atoms with Gasteiger partial charge in [-0.2, -0.15) is 5.10 Å². The number of aryl methyl sites for hydroxylation is 1. The van der Waals surface area contributed by atoms with Gasteiger partial charge in [-0.25, -0.2) is 10.4 Å². The molecule has 5 nitrogen and oxygen atoms in total. The smallest absolute Gasteiger partial charge is 0.291 e. The Balaban J connectivity index is 1.71. The molecule has 1 amide bonds. The fourth-order valence-corrected chi connectivity index (χ4v) is 3.17. The molecule has 0 saturated carbocycles. The molecule has 0 radical (unpaired) electrons. The van der Waals surface area contributed by atoms with Crippen LogP contribution in [-0.2, 0) is 0 Å². The van der Waals surface area contributed by atoms with E-state index in [2.05, 4.69) is 15.5 Å². The summed E-state index contributed by atoms with van der Waals surface area (Å²) in [5.41, 5.74) is 4.75. The summed E-state index contributed by atoms with van der Waals surface area (Å²) in [5.74, 6) is 0.410. The Morgan fingerprint density at radius 2 is 2.00 bits per heavy atom. The maximum absolute atomic E-state index is 12.3. The van der Waals surface area contributed by atoms with Crippen molar-refractivity contribution in [2.45, 2.75) is 6.92 Å². The van der Waals surface area contributed by atoms with Crippen LogP contribution in [0.15, 0.2) is 59.7 Å². The zero-order valence-electron chi connectivity index (χ0n) is 13.9. The Hall–Kier alpha value is -2.99. The lowest BCUT2D eigenvalue weighted by molar-refractivity contribution is 0.0950. The second-order valence-electron chi connectivity index (χ2n) is 5.27. The van der Waals surface area contributed by atoms with E-state index >= 15 is 0 Å². The monoisotopic (exact) mass is 351 g/mol. The third-order valence-corrected chi connectivity index (χ3v) is 4.53. The first kappa shape index (κ1) is 16.9. The lowest BCUT2D eigenvalue weighted by atomic mass is 10.2. The second-order valence-corrected chi connectivity index (χ2v) is 6.47. The summed E-state index contributed by atoms with van der Waals surface area (Å²) >= 11 is 1.49. The maximum Gasteiger partial charge on any atom is 0.291 e. The fourth-order valence-electron chi connectivity index (χ4n) is 2.25. The van der Waals surface area contributed by atoms with E-state index in [9.17, 15) is 4.79 Å². The van der Waals surface area contributed by atoms with Gasteiger partial charge in [0, 0.05) is 10.4 Å². The van der Waals surface area contributed by atoms with Gasteiger partial charge in [-0.3, -0.25) is 4.79 Å². The predicted molar refractivity (Wildman–Crippen MR) is 100 cm³/mol. The van der Waals surface area contributed by atoms with E-state index in [0.717, 1.165) is 26.8 Å². The number of rotatable bonds is 5. The normalized spacial score (nSPS) is 10.8. The van der Waals surface area contributed by atoms with E-state index in [-0.39, 0.29) is 5.91 Å². The van der Waals surface area contributed by atoms with Crippen molar-refractivity contribution in [3.63, 3.8) is 0 Å². The van der Waals surface area contributed by atoms with Crippen LogP contribution in [0.5, 0.6) is 5.75 Å². The number of carbonyl (C=O) groups is 1. The van der Waals surface area contributed by atoms with Crippen LogP contribution in [0.1, 0.15) is 20.9 Å². The molecule has 1 aromatic heterocycles. The van der Waals surface area contributed by atoms with Crippen LogP contribution in [0.2, 0.25) is 0 Å². The minimum absolute atomic E-state index is 0.324. The molecule has 1 N–H and O–H groups in total. The number of hydrazone groups is 1. The van der Waals surface area contributed by atoms with Crippen molar-refractivity contribution >= 4 is 23.5 Å². The molecule has 0 atom stereocenters. The Morgan fingerprint density at radius 3 is 2.76 bits per heavy atom. The van der Waals surface area contributed by atoms with Gasteiger partial charge in [-0.05, 0) is 24.6 Å². The topological polar surface area (TPSA) is 63.6 Å². The van der Waals surface area contributed by atoms with Crippen LogP contribution in [0.4, 0.5) is 0 Å². The van der Waals surface area contributed by atoms with Gasteiger partial charge >= 0.3 is 0 Å². The average Bonchev–Trinajstić information content (AvgIpc) is 3.04. The molecular weight excluding hydrogens is 334 g/mol. The SMILES string of the molecule is COc1cccc(/C=N\NC(=O)c2nc(-c3ccccc3)sc2C)c1. The molecule has 2 aromatic carbocycles. The fraction of sp³-hybridized carbons (Fsp3) is 0.105. The highest BCUT2D eigenvalue weighted by molar-refractivity contribution is 7.15. The number of hydrogen-bond donors (Lipinski definition) is 1. The quantitative estimate of drug-likeness (QED) is 0.560. The summed E-state index contributed by atoms with van der Waals surface area (Å²) in [7, 11) is 1.60. The molecule has 0 aliphatic heterocycles. The molecule has 0 saturated heterocycles. The minimum Gasteiger partial charge on any atom is -0.497 e. The van der Waals surface area contributed by atoms with Crippen LogP contribution in [-0.4, -0.2) is 24.2 Å². The summed E-state index contributed by atoms with van der Waals surface area (Å²) in [5, 5.41) is 4.82. The van der Waals surface area contributed by atoms with E-state index in [4.69, 9.17) is 4.74 Å². The lowest BCUT2D eigenvalue weighted by Crippen LogP contribution is -2.18. The summed E-state index contributed by atoms with van der Waals surface area (Å²) in [6.45, 7) is 1.88. The number of methoxy groups -OCH3 is 1. The molecule has 0 spiro atoms. The number of ether oxygens (including phenoxy) is 1. The number of amides is 1. The molecule has 126 valence electrons. The molecule has 3 rings (SSSR count). The summed E-state index contributed by atoms with van der Waals surface area (Å²) in [4.78, 5) is 17.6. The molecular formula is C19H17N3O2S. The van der Waals surface area contributed by atoms with Gasteiger partial charge in [0.05, 0.1) is 13.3 Å². The minimum atomic E-state index is -0.324. The Labute approximate surface area is 150 Å². The first-order valence-corrected chi connectivity index (χ1v) is 8.49. The molecule has 1 heterocycles. The molecule has 0 unspecified atom stereocenters. The Kier molecular flexibility index (Phi) is 5.20. The maximum atomic E-state index is 12.3. The summed E-state index contributed by atoms with van der Waals surface area (Å²) in [6.07, 6.45) is 1.57. The molecule has 25 heavy (non-hydrogen) atoms. The molecule has 6 heteroatoms. The average molecular weight is 351 g/mol. The number of thiazole rings is 1.